The molecule has 2 heterocycles. The Hall–Kier alpha value is -4.40. The fraction of sp³-hybridized carbons (Fsp3) is 0.472. The van der Waals surface area contributed by atoms with E-state index in [1.807, 2.05) is 57.3 Å². The predicted octanol–water partition coefficient (Wildman–Crippen LogP) is 5.51. The molecule has 1 atom stereocenters. The third-order valence-electron chi connectivity index (χ3n) is 7.60. The Labute approximate surface area is 291 Å². The van der Waals surface area contributed by atoms with E-state index in [9.17, 15) is 18.0 Å². The van der Waals surface area contributed by atoms with Gasteiger partial charge in [0, 0.05) is 42.3 Å². The summed E-state index contributed by atoms with van der Waals surface area (Å²) in [6, 6.07) is 14.5. The minimum Gasteiger partial charge on any atom is -0.406 e. The van der Waals surface area contributed by atoms with Gasteiger partial charge in [-0.2, -0.15) is 4.98 Å². The highest BCUT2D eigenvalue weighted by atomic mass is 19.4. The van der Waals surface area contributed by atoms with E-state index in [2.05, 4.69) is 51.9 Å². The molecule has 0 saturated carbocycles. The average molecular weight is 701 g/mol. The molecule has 0 saturated heterocycles. The van der Waals surface area contributed by atoms with Crippen LogP contribution >= 0.6 is 0 Å². The van der Waals surface area contributed by atoms with Crippen molar-refractivity contribution in [3.63, 3.8) is 0 Å². The van der Waals surface area contributed by atoms with Crippen LogP contribution in [0.2, 0.25) is 0 Å². The van der Waals surface area contributed by atoms with Crippen molar-refractivity contribution >= 4 is 17.0 Å². The van der Waals surface area contributed by atoms with Crippen LogP contribution in [0.3, 0.4) is 0 Å². The molecular weight excluding hydrogens is 649 g/mol. The first kappa shape index (κ1) is 40.0. The lowest BCUT2D eigenvalue weighted by Gasteiger charge is -2.22. The Morgan fingerprint density at radius 1 is 1.00 bits per heavy atom. The van der Waals surface area contributed by atoms with Crippen LogP contribution in [0.5, 0.6) is 5.75 Å². The Balaban J connectivity index is 0.000000286. The lowest BCUT2D eigenvalue weighted by Crippen LogP contribution is -2.23. The van der Waals surface area contributed by atoms with Gasteiger partial charge < -0.3 is 37.0 Å². The Morgan fingerprint density at radius 3 is 2.26 bits per heavy atom. The summed E-state index contributed by atoms with van der Waals surface area (Å²) in [5.74, 6) is -0.105. The van der Waals surface area contributed by atoms with Gasteiger partial charge in [0.2, 0.25) is 0 Å². The van der Waals surface area contributed by atoms with E-state index in [4.69, 9.17) is 21.9 Å². The quantitative estimate of drug-likeness (QED) is 0.0732. The molecule has 0 aliphatic carbocycles. The zero-order valence-electron chi connectivity index (χ0n) is 29.9. The molecule has 2 aromatic heterocycles. The third-order valence-corrected chi connectivity index (χ3v) is 7.60. The highest BCUT2D eigenvalue weighted by Crippen LogP contribution is 2.31. The van der Waals surface area contributed by atoms with Crippen LogP contribution in [0.25, 0.3) is 16.7 Å². The molecule has 4 rings (SSSR count). The number of fused-ring (bicyclic) bond motifs is 1. The maximum atomic E-state index is 12.5. The molecule has 274 valence electrons. The van der Waals surface area contributed by atoms with Crippen molar-refractivity contribution in [1.29, 1.82) is 0 Å². The van der Waals surface area contributed by atoms with Gasteiger partial charge in [-0.1, -0.05) is 59.7 Å². The van der Waals surface area contributed by atoms with Gasteiger partial charge in [-0.15, -0.1) is 13.2 Å². The van der Waals surface area contributed by atoms with Crippen molar-refractivity contribution in [1.82, 2.24) is 19.9 Å². The fourth-order valence-corrected chi connectivity index (χ4v) is 4.68. The number of benzene rings is 2. The number of aliphatic imine (C=N–C) groups is 1. The second-order valence-corrected chi connectivity index (χ2v) is 14.2. The minimum atomic E-state index is -4.71. The Morgan fingerprint density at radius 2 is 1.68 bits per heavy atom. The maximum Gasteiger partial charge on any atom is 0.573 e. The highest BCUT2D eigenvalue weighted by Gasteiger charge is 2.32. The van der Waals surface area contributed by atoms with Crippen LogP contribution in [0.15, 0.2) is 64.5 Å². The number of alkyl halides is 3. The van der Waals surface area contributed by atoms with Crippen molar-refractivity contribution in [2.24, 2.45) is 22.2 Å². The minimum absolute atomic E-state index is 0.0352. The lowest BCUT2D eigenvalue weighted by molar-refractivity contribution is -0.274. The molecule has 0 aliphatic rings. The van der Waals surface area contributed by atoms with Gasteiger partial charge in [-0.25, -0.2) is 4.79 Å². The third kappa shape index (κ3) is 12.8. The number of guanidine groups is 1. The molecule has 2 aromatic carbocycles. The van der Waals surface area contributed by atoms with E-state index in [0.717, 1.165) is 47.4 Å². The highest BCUT2D eigenvalue weighted by molar-refractivity contribution is 5.76. The van der Waals surface area contributed by atoms with Crippen LogP contribution in [0, 0.1) is 0 Å². The first-order valence-electron chi connectivity index (χ1n) is 16.5. The number of nitrogens with two attached hydrogens (primary N) is 3. The summed E-state index contributed by atoms with van der Waals surface area (Å²) in [5, 5.41) is 4.27. The van der Waals surface area contributed by atoms with Gasteiger partial charge in [0.05, 0.1) is 18.4 Å². The van der Waals surface area contributed by atoms with Crippen LogP contribution in [-0.2, 0) is 28.7 Å². The molecule has 0 spiro atoms. The predicted molar refractivity (Wildman–Crippen MR) is 193 cm³/mol. The molecule has 4 aromatic rings. The average Bonchev–Trinajstić information content (AvgIpc) is 3.44. The van der Waals surface area contributed by atoms with E-state index >= 15 is 0 Å². The van der Waals surface area contributed by atoms with Crippen LogP contribution in [-0.4, -0.2) is 52.6 Å². The topological polar surface area (TPSA) is 172 Å². The molecule has 0 amide bonds. The molecule has 0 aliphatic heterocycles. The zero-order chi connectivity index (χ0) is 37.3. The van der Waals surface area contributed by atoms with Crippen molar-refractivity contribution in [3.05, 3.63) is 87.6 Å². The normalized spacial score (nSPS) is 12.7. The lowest BCUT2D eigenvalue weighted by atomic mass is 9.86. The number of ether oxygens (including phenoxy) is 2. The summed E-state index contributed by atoms with van der Waals surface area (Å²) < 4.78 is 48.3. The second-order valence-electron chi connectivity index (χ2n) is 14.2. The molecule has 0 fully saturated rings. The van der Waals surface area contributed by atoms with Crippen molar-refractivity contribution in [2.45, 2.75) is 91.3 Å². The maximum absolute atomic E-state index is 12.5. The first-order chi connectivity index (χ1) is 23.2. The molecule has 11 nitrogen and oxygen atoms in total. The SMILES string of the molecule is CC(C)(C)c1cc2cn(-c3ccc(CNCCCN=C(N)N)cc3)c(=O)nc2[nH]1.C[C@@H](CN)OCc1cc(OC(F)(F)F)cc(C(C)(C)C)c1. The zero-order valence-corrected chi connectivity index (χ0v) is 29.9. The van der Waals surface area contributed by atoms with E-state index in [1.165, 1.54) is 12.1 Å². The number of aromatic nitrogens is 3. The van der Waals surface area contributed by atoms with Gasteiger partial charge in [0.1, 0.15) is 11.4 Å². The van der Waals surface area contributed by atoms with Crippen molar-refractivity contribution in [3.8, 4) is 11.4 Å². The first-order valence-corrected chi connectivity index (χ1v) is 16.5. The van der Waals surface area contributed by atoms with E-state index in [-0.39, 0.29) is 40.9 Å². The number of nitrogens with one attached hydrogen (secondary N) is 2. The van der Waals surface area contributed by atoms with Crippen LogP contribution < -0.4 is 32.9 Å². The van der Waals surface area contributed by atoms with Crippen LogP contribution in [0.1, 0.15) is 77.3 Å². The van der Waals surface area contributed by atoms with Crippen molar-refractivity contribution < 1.29 is 22.6 Å². The molecule has 0 radical (unpaired) electrons. The molecular formula is C36H51F3N8O3. The Bertz CT molecular complexity index is 1770. The van der Waals surface area contributed by atoms with Gasteiger partial charge >= 0.3 is 12.1 Å². The molecule has 0 bridgehead atoms. The summed E-state index contributed by atoms with van der Waals surface area (Å²) >= 11 is 0. The van der Waals surface area contributed by atoms with Gasteiger partial charge in [0.15, 0.2) is 5.96 Å². The summed E-state index contributed by atoms with van der Waals surface area (Å²) in [6.07, 6.45) is -2.16. The summed E-state index contributed by atoms with van der Waals surface area (Å²) in [5.41, 5.74) is 20.4. The number of hydrogen-bond donors (Lipinski definition) is 5. The van der Waals surface area contributed by atoms with Gasteiger partial charge in [0.25, 0.3) is 0 Å². The number of rotatable bonds is 12. The number of aromatic amines is 1. The Kier molecular flexibility index (Phi) is 13.6. The van der Waals surface area contributed by atoms with Gasteiger partial charge in [-0.05, 0) is 72.3 Å². The number of H-pyrrole nitrogens is 1. The number of nitrogens with zero attached hydrogens (tertiary/aromatic N) is 3. The van der Waals surface area contributed by atoms with E-state index in [0.29, 0.717) is 24.3 Å². The van der Waals surface area contributed by atoms with Gasteiger partial charge in [-0.3, -0.25) is 9.56 Å². The van der Waals surface area contributed by atoms with E-state index in [1.54, 1.807) is 11.5 Å². The summed E-state index contributed by atoms with van der Waals surface area (Å²) in [4.78, 5) is 23.9. The standard InChI is InChI=1S/C21H29N7O.C15H22F3NO2/c1-21(2,3)17-11-15-13-28(20(29)27-18(15)26-17)16-7-5-14(6-8-16)12-24-9-4-10-25-19(22)23;1-10(8-19)20-9-11-5-12(14(2,3)4)7-13(6-11)21-15(16,17)18/h5-8,11,13,24H,4,9-10,12H2,1-3H3,(H4,22,23,25)(H,26,27,29);5-7,10H,8-9,19H2,1-4H3/t;10-/m.0/s1. The molecule has 8 N–H and O–H groups in total. The van der Waals surface area contributed by atoms with Crippen molar-refractivity contribution in [2.75, 3.05) is 19.6 Å². The monoisotopic (exact) mass is 700 g/mol. The summed E-state index contributed by atoms with van der Waals surface area (Å²) in [6.45, 7) is 16.7. The number of hydrogen-bond acceptors (Lipinski definition) is 7. The van der Waals surface area contributed by atoms with Crippen LogP contribution in [0.4, 0.5) is 13.2 Å². The number of halogens is 3. The second kappa shape index (κ2) is 17.0. The smallest absolute Gasteiger partial charge is 0.406 e. The molecule has 0 unspecified atom stereocenters. The molecule has 14 heteroatoms. The fourth-order valence-electron chi connectivity index (χ4n) is 4.68. The molecule has 50 heavy (non-hydrogen) atoms. The van der Waals surface area contributed by atoms with E-state index < -0.39 is 6.36 Å². The largest absolute Gasteiger partial charge is 0.573 e. The summed E-state index contributed by atoms with van der Waals surface area (Å²) in [7, 11) is 0.